The Morgan fingerprint density at radius 2 is 2.33 bits per heavy atom. The van der Waals surface area contributed by atoms with Crippen LogP contribution >= 0.6 is 11.8 Å². The Kier molecular flexibility index (Phi) is 3.62. The number of aliphatic hydroxyl groups is 1. The molecule has 0 amide bonds. The van der Waals surface area contributed by atoms with Gasteiger partial charge in [0.15, 0.2) is 5.56 Å². The highest BCUT2D eigenvalue weighted by Gasteiger charge is 1.89. The lowest BCUT2D eigenvalue weighted by Crippen LogP contribution is -2.19. The number of rotatable bonds is 2. The van der Waals surface area contributed by atoms with Crippen molar-refractivity contribution in [2.24, 2.45) is 0 Å². The maximum atomic E-state index is 8.52. The fourth-order valence-electron chi connectivity index (χ4n) is 0.118. The van der Waals surface area contributed by atoms with Crippen molar-refractivity contribution in [1.82, 2.24) is 5.32 Å². The molecule has 0 aliphatic heterocycles. The van der Waals surface area contributed by atoms with Gasteiger partial charge in [-0.3, -0.25) is 5.32 Å². The molecule has 0 aliphatic carbocycles. The topological polar surface area (TPSA) is 32.3 Å². The molecule has 0 saturated heterocycles. The molecule has 2 N–H and O–H groups in total. The molecule has 0 spiro atoms. The standard InChI is InChI=1S/C3H9NOS/c1-4-3(5)6-2/h3-5H,1-2H3. The molecule has 0 fully saturated rings. The van der Waals surface area contributed by atoms with Gasteiger partial charge in [-0.25, -0.2) is 0 Å². The van der Waals surface area contributed by atoms with Crippen LogP contribution < -0.4 is 5.32 Å². The van der Waals surface area contributed by atoms with E-state index in [1.54, 1.807) is 7.05 Å². The molecule has 3 heteroatoms. The lowest BCUT2D eigenvalue weighted by atomic mass is 11.2. The van der Waals surface area contributed by atoms with Gasteiger partial charge in [0.1, 0.15) is 0 Å². The van der Waals surface area contributed by atoms with Crippen LogP contribution in [0, 0.1) is 0 Å². The summed E-state index contributed by atoms with van der Waals surface area (Å²) in [6.45, 7) is 0. The quantitative estimate of drug-likeness (QED) is 0.481. The lowest BCUT2D eigenvalue weighted by molar-refractivity contribution is 0.237. The van der Waals surface area contributed by atoms with Crippen LogP contribution in [-0.2, 0) is 0 Å². The summed E-state index contributed by atoms with van der Waals surface area (Å²) >= 11 is 1.37. The average Bonchev–Trinajstić information content (AvgIpc) is 1.65. The Hall–Kier alpha value is 0.270. The smallest absolute Gasteiger partial charge is 0.152 e. The van der Waals surface area contributed by atoms with E-state index >= 15 is 0 Å². The fourth-order valence-corrected chi connectivity index (χ4v) is 0.354. The molecule has 0 heterocycles. The highest BCUT2D eigenvalue weighted by atomic mass is 32.2. The van der Waals surface area contributed by atoms with Gasteiger partial charge in [-0.05, 0) is 13.3 Å². The average molecular weight is 107 g/mol. The molecule has 1 unspecified atom stereocenters. The Morgan fingerprint density at radius 3 is 2.33 bits per heavy atom. The molecular formula is C3H9NOS. The molecule has 0 aromatic rings. The molecule has 0 radical (unpaired) electrons. The summed E-state index contributed by atoms with van der Waals surface area (Å²) in [7, 11) is 1.71. The molecule has 0 bridgehead atoms. The number of hydrogen-bond donors (Lipinski definition) is 2. The van der Waals surface area contributed by atoms with E-state index in [0.717, 1.165) is 0 Å². The first-order valence-electron chi connectivity index (χ1n) is 1.69. The van der Waals surface area contributed by atoms with E-state index in [-0.39, 0.29) is 0 Å². The van der Waals surface area contributed by atoms with Crippen molar-refractivity contribution in [3.05, 3.63) is 0 Å². The minimum absolute atomic E-state index is 0.398. The van der Waals surface area contributed by atoms with E-state index in [2.05, 4.69) is 5.32 Å². The zero-order valence-electron chi connectivity index (χ0n) is 3.93. The zero-order valence-corrected chi connectivity index (χ0v) is 4.75. The Balaban J connectivity index is 2.75. The third-order valence-electron chi connectivity index (χ3n) is 0.470. The Bertz CT molecular complexity index is 30.0. The van der Waals surface area contributed by atoms with Crippen LogP contribution in [0.4, 0.5) is 0 Å². The SMILES string of the molecule is CNC(O)SC. The van der Waals surface area contributed by atoms with Gasteiger partial charge in [0.2, 0.25) is 0 Å². The van der Waals surface area contributed by atoms with Gasteiger partial charge >= 0.3 is 0 Å². The van der Waals surface area contributed by atoms with Crippen LogP contribution in [0.3, 0.4) is 0 Å². The molecule has 0 saturated carbocycles. The number of hydrogen-bond acceptors (Lipinski definition) is 3. The predicted molar refractivity (Wildman–Crippen MR) is 28.6 cm³/mol. The number of aliphatic hydroxyl groups excluding tert-OH is 1. The van der Waals surface area contributed by atoms with Gasteiger partial charge in [-0.1, -0.05) is 0 Å². The second kappa shape index (κ2) is 3.46. The number of nitrogens with one attached hydrogen (secondary N) is 1. The Morgan fingerprint density at radius 1 is 1.83 bits per heavy atom. The van der Waals surface area contributed by atoms with E-state index < -0.39 is 5.56 Å². The zero-order chi connectivity index (χ0) is 4.99. The molecule has 6 heavy (non-hydrogen) atoms. The summed E-state index contributed by atoms with van der Waals surface area (Å²) in [6, 6.07) is 0. The third kappa shape index (κ3) is 2.50. The molecule has 0 rings (SSSR count). The first kappa shape index (κ1) is 6.27. The van der Waals surface area contributed by atoms with Crippen molar-refractivity contribution in [3.8, 4) is 0 Å². The lowest BCUT2D eigenvalue weighted by Gasteiger charge is -2.00. The van der Waals surface area contributed by atoms with Gasteiger partial charge in [-0.2, -0.15) is 0 Å². The monoisotopic (exact) mass is 107 g/mol. The van der Waals surface area contributed by atoms with Crippen molar-refractivity contribution < 1.29 is 5.11 Å². The van der Waals surface area contributed by atoms with E-state index in [4.69, 9.17) is 5.11 Å². The van der Waals surface area contributed by atoms with Gasteiger partial charge in [-0.15, -0.1) is 11.8 Å². The molecule has 2 nitrogen and oxygen atoms in total. The van der Waals surface area contributed by atoms with E-state index in [0.29, 0.717) is 0 Å². The molecule has 0 aliphatic rings. The van der Waals surface area contributed by atoms with Crippen LogP contribution in [0.1, 0.15) is 0 Å². The summed E-state index contributed by atoms with van der Waals surface area (Å²) in [6.07, 6.45) is 1.83. The normalized spacial score (nSPS) is 14.5. The van der Waals surface area contributed by atoms with E-state index in [1.807, 2.05) is 6.26 Å². The molecule has 38 valence electrons. The molecule has 0 aromatic heterocycles. The first-order valence-corrected chi connectivity index (χ1v) is 2.98. The van der Waals surface area contributed by atoms with Crippen molar-refractivity contribution in [2.75, 3.05) is 13.3 Å². The second-order valence-electron chi connectivity index (χ2n) is 0.877. The summed E-state index contributed by atoms with van der Waals surface area (Å²) in [5.41, 5.74) is -0.398. The van der Waals surface area contributed by atoms with Crippen LogP contribution in [0.15, 0.2) is 0 Å². The number of thioether (sulfide) groups is 1. The molecular weight excluding hydrogens is 98.1 g/mol. The van der Waals surface area contributed by atoms with Gasteiger partial charge in [0.25, 0.3) is 0 Å². The molecule has 0 aromatic carbocycles. The van der Waals surface area contributed by atoms with Crippen molar-refractivity contribution in [1.29, 1.82) is 0 Å². The minimum Gasteiger partial charge on any atom is -0.369 e. The van der Waals surface area contributed by atoms with Gasteiger partial charge < -0.3 is 5.11 Å². The second-order valence-corrected chi connectivity index (χ2v) is 1.79. The van der Waals surface area contributed by atoms with Gasteiger partial charge in [0.05, 0.1) is 0 Å². The van der Waals surface area contributed by atoms with Crippen molar-refractivity contribution in [3.63, 3.8) is 0 Å². The molecule has 1 atom stereocenters. The largest absolute Gasteiger partial charge is 0.369 e. The third-order valence-corrected chi connectivity index (χ3v) is 1.15. The summed E-state index contributed by atoms with van der Waals surface area (Å²) in [5, 5.41) is 11.2. The van der Waals surface area contributed by atoms with Crippen LogP contribution in [-0.4, -0.2) is 24.0 Å². The van der Waals surface area contributed by atoms with E-state index in [9.17, 15) is 0 Å². The van der Waals surface area contributed by atoms with Crippen LogP contribution in [0.25, 0.3) is 0 Å². The highest BCUT2D eigenvalue weighted by molar-refractivity contribution is 7.98. The van der Waals surface area contributed by atoms with Crippen molar-refractivity contribution >= 4 is 11.8 Å². The highest BCUT2D eigenvalue weighted by Crippen LogP contribution is 1.93. The van der Waals surface area contributed by atoms with Crippen LogP contribution in [0.5, 0.6) is 0 Å². The summed E-state index contributed by atoms with van der Waals surface area (Å²) in [4.78, 5) is 0. The maximum Gasteiger partial charge on any atom is 0.152 e. The predicted octanol–water partition coefficient (Wildman–Crippen LogP) is -0.155. The van der Waals surface area contributed by atoms with E-state index in [1.165, 1.54) is 11.8 Å². The first-order chi connectivity index (χ1) is 2.81. The maximum absolute atomic E-state index is 8.52. The van der Waals surface area contributed by atoms with Crippen molar-refractivity contribution in [2.45, 2.75) is 5.56 Å². The van der Waals surface area contributed by atoms with Crippen LogP contribution in [0.2, 0.25) is 0 Å². The minimum atomic E-state index is -0.398. The summed E-state index contributed by atoms with van der Waals surface area (Å²) < 4.78 is 0. The van der Waals surface area contributed by atoms with Gasteiger partial charge in [0, 0.05) is 0 Å². The Labute approximate surface area is 41.9 Å². The summed E-state index contributed by atoms with van der Waals surface area (Å²) in [5.74, 6) is 0. The fraction of sp³-hybridized carbons (Fsp3) is 1.00.